The summed E-state index contributed by atoms with van der Waals surface area (Å²) in [5, 5.41) is 11.9. The Balaban J connectivity index is 2.15. The number of benzene rings is 2. The van der Waals surface area contributed by atoms with Crippen molar-refractivity contribution in [1.82, 2.24) is 4.57 Å². The van der Waals surface area contributed by atoms with Gasteiger partial charge in [-0.05, 0) is 49.2 Å². The van der Waals surface area contributed by atoms with Crippen molar-refractivity contribution < 1.29 is 14.6 Å². The van der Waals surface area contributed by atoms with E-state index in [0.717, 1.165) is 28.2 Å². The Labute approximate surface area is 173 Å². The first-order valence-electron chi connectivity index (χ1n) is 9.40. The van der Waals surface area contributed by atoms with Crippen LogP contribution in [0.25, 0.3) is 11.3 Å². The number of phenols is 1. The average Bonchev–Trinajstić information content (AvgIpc) is 3.12. The number of aromatic hydroxyl groups is 1. The fourth-order valence-corrected chi connectivity index (χ4v) is 4.18. The number of amides is 1. The molecule has 0 bridgehead atoms. The van der Waals surface area contributed by atoms with Gasteiger partial charge in [-0.2, -0.15) is 0 Å². The number of aryl methyl sites for hydroxylation is 1. The minimum absolute atomic E-state index is 0.0146. The lowest BCUT2D eigenvalue weighted by Crippen LogP contribution is -2.23. The fourth-order valence-electron chi connectivity index (χ4n) is 3.16. The molecule has 0 fully saturated rings. The second kappa shape index (κ2) is 9.07. The van der Waals surface area contributed by atoms with Gasteiger partial charge in [-0.15, -0.1) is 11.3 Å². The first kappa shape index (κ1) is 20.8. The lowest BCUT2D eigenvalue weighted by atomic mass is 10.1. The number of rotatable bonds is 7. The number of nitrogens with zero attached hydrogens (tertiary/aromatic N) is 2. The van der Waals surface area contributed by atoms with Gasteiger partial charge in [0.25, 0.3) is 5.91 Å². The molecule has 0 aliphatic carbocycles. The first-order valence-corrected chi connectivity index (χ1v) is 10.3. The topological polar surface area (TPSA) is 89.8 Å². The number of hydrogen-bond acceptors (Lipinski definition) is 5. The third kappa shape index (κ3) is 4.58. The third-order valence-corrected chi connectivity index (χ3v) is 5.56. The maximum absolute atomic E-state index is 11.6. The molecule has 0 unspecified atom stereocenters. The number of nitrogens with two attached hydrogens (primary N) is 1. The lowest BCUT2D eigenvalue weighted by Gasteiger charge is -2.17. The van der Waals surface area contributed by atoms with Gasteiger partial charge in [0, 0.05) is 18.1 Å². The van der Waals surface area contributed by atoms with Crippen LogP contribution >= 0.6 is 11.3 Å². The molecule has 2 aromatic carbocycles. The van der Waals surface area contributed by atoms with Gasteiger partial charge in [0.1, 0.15) is 5.75 Å². The van der Waals surface area contributed by atoms with Crippen molar-refractivity contribution in [3.63, 3.8) is 0 Å². The van der Waals surface area contributed by atoms with Gasteiger partial charge in [-0.3, -0.25) is 4.79 Å². The molecule has 3 rings (SSSR count). The summed E-state index contributed by atoms with van der Waals surface area (Å²) in [5.41, 5.74) is 9.28. The number of aromatic nitrogens is 1. The normalized spacial score (nSPS) is 12.9. The number of hydrogen-bond donors (Lipinski definition) is 2. The smallest absolute Gasteiger partial charge is 0.252 e. The highest BCUT2D eigenvalue weighted by Crippen LogP contribution is 2.28. The van der Waals surface area contributed by atoms with Gasteiger partial charge in [-0.25, -0.2) is 4.99 Å². The lowest BCUT2D eigenvalue weighted by molar-refractivity contribution is 0.0998. The van der Waals surface area contributed by atoms with Gasteiger partial charge < -0.3 is 20.1 Å². The van der Waals surface area contributed by atoms with E-state index in [1.165, 1.54) is 23.0 Å². The number of ether oxygens (including phenoxy) is 1. The highest BCUT2D eigenvalue weighted by atomic mass is 32.1. The summed E-state index contributed by atoms with van der Waals surface area (Å²) < 4.78 is 7.45. The van der Waals surface area contributed by atoms with Gasteiger partial charge in [-0.1, -0.05) is 19.1 Å². The quantitative estimate of drug-likeness (QED) is 0.615. The third-order valence-electron chi connectivity index (χ3n) is 4.72. The van der Waals surface area contributed by atoms with E-state index < -0.39 is 5.91 Å². The van der Waals surface area contributed by atoms with Crippen molar-refractivity contribution in [1.29, 1.82) is 0 Å². The Bertz CT molecular complexity index is 1070. The van der Waals surface area contributed by atoms with Crippen molar-refractivity contribution >= 4 is 22.9 Å². The van der Waals surface area contributed by atoms with Crippen LogP contribution in [0.2, 0.25) is 0 Å². The van der Waals surface area contributed by atoms with Crippen LogP contribution in [0.5, 0.6) is 5.75 Å². The molecule has 1 amide bonds. The minimum atomic E-state index is -0.669. The maximum atomic E-state index is 11.6. The monoisotopic (exact) mass is 411 g/mol. The average molecular weight is 412 g/mol. The summed E-state index contributed by atoms with van der Waals surface area (Å²) in [6.45, 7) is 4.68. The molecule has 7 heteroatoms. The second-order valence-corrected chi connectivity index (χ2v) is 7.64. The molecule has 0 aliphatic rings. The summed E-state index contributed by atoms with van der Waals surface area (Å²) in [4.78, 5) is 17.3. The summed E-state index contributed by atoms with van der Waals surface area (Å²) in [5.74, 6) is -0.800. The standard InChI is InChI=1S/C22H25N3O3S/c1-4-15-5-8-17(9-6-15)24-22-25(14(2)12-28-3)19(13-29-22)16-7-10-20(26)18(11-16)21(23)27/h5-11,13-14,26H,4,12H2,1-3H3,(H2,23,27)/t14-/m0/s1. The largest absolute Gasteiger partial charge is 0.507 e. The summed E-state index contributed by atoms with van der Waals surface area (Å²) in [6.07, 6.45) is 0.983. The Morgan fingerprint density at radius 1 is 1.28 bits per heavy atom. The van der Waals surface area contributed by atoms with Gasteiger partial charge in [0.15, 0.2) is 4.80 Å². The van der Waals surface area contributed by atoms with Crippen LogP contribution in [0.3, 0.4) is 0 Å². The van der Waals surface area contributed by atoms with Crippen LogP contribution in [0, 0.1) is 0 Å². The summed E-state index contributed by atoms with van der Waals surface area (Å²) in [6, 6.07) is 13.0. The zero-order valence-corrected chi connectivity index (χ0v) is 17.6. The summed E-state index contributed by atoms with van der Waals surface area (Å²) >= 11 is 1.51. The van der Waals surface area contributed by atoms with E-state index in [4.69, 9.17) is 15.5 Å². The van der Waals surface area contributed by atoms with Crippen LogP contribution in [0.1, 0.15) is 35.8 Å². The molecular formula is C22H25N3O3S. The maximum Gasteiger partial charge on any atom is 0.252 e. The molecule has 1 atom stereocenters. The number of primary amides is 1. The van der Waals surface area contributed by atoms with Gasteiger partial charge in [0.2, 0.25) is 0 Å². The first-order chi connectivity index (χ1) is 13.9. The van der Waals surface area contributed by atoms with E-state index in [-0.39, 0.29) is 17.4 Å². The predicted octanol–water partition coefficient (Wildman–Crippen LogP) is 4.02. The molecule has 3 aromatic rings. The molecule has 1 aromatic heterocycles. The van der Waals surface area contributed by atoms with Crippen molar-refractivity contribution in [2.24, 2.45) is 10.7 Å². The Morgan fingerprint density at radius 2 is 2.00 bits per heavy atom. The van der Waals surface area contributed by atoms with E-state index in [1.54, 1.807) is 19.2 Å². The van der Waals surface area contributed by atoms with Crippen LogP contribution in [-0.4, -0.2) is 29.3 Å². The van der Waals surface area contributed by atoms with Crippen LogP contribution in [-0.2, 0) is 11.2 Å². The number of carbonyl (C=O) groups excluding carboxylic acids is 1. The highest BCUT2D eigenvalue weighted by molar-refractivity contribution is 7.07. The van der Waals surface area contributed by atoms with Crippen LogP contribution in [0.4, 0.5) is 5.69 Å². The zero-order chi connectivity index (χ0) is 21.0. The van der Waals surface area contributed by atoms with E-state index in [1.807, 2.05) is 24.4 Å². The van der Waals surface area contributed by atoms with Crippen LogP contribution in [0.15, 0.2) is 52.8 Å². The molecule has 0 aliphatic heterocycles. The molecule has 0 saturated heterocycles. The van der Waals surface area contributed by atoms with Gasteiger partial charge in [0.05, 0.1) is 29.6 Å². The highest BCUT2D eigenvalue weighted by Gasteiger charge is 2.16. The second-order valence-electron chi connectivity index (χ2n) is 6.81. The Hall–Kier alpha value is -2.90. The Morgan fingerprint density at radius 3 is 2.62 bits per heavy atom. The van der Waals surface area contributed by atoms with E-state index in [0.29, 0.717) is 6.61 Å². The fraction of sp³-hybridized carbons (Fsp3) is 0.273. The summed E-state index contributed by atoms with van der Waals surface area (Å²) in [7, 11) is 1.66. The van der Waals surface area contributed by atoms with Crippen molar-refractivity contribution in [2.75, 3.05) is 13.7 Å². The van der Waals surface area contributed by atoms with E-state index >= 15 is 0 Å². The molecule has 3 N–H and O–H groups in total. The molecular weight excluding hydrogens is 386 g/mol. The molecule has 0 spiro atoms. The van der Waals surface area contributed by atoms with Gasteiger partial charge >= 0.3 is 0 Å². The SMILES string of the molecule is CCc1ccc(N=c2scc(-c3ccc(O)c(C(N)=O)c3)n2[C@@H](C)COC)cc1. The van der Waals surface area contributed by atoms with E-state index in [9.17, 15) is 9.90 Å². The number of thiazole rings is 1. The Kier molecular flexibility index (Phi) is 6.51. The van der Waals surface area contributed by atoms with Crippen molar-refractivity contribution in [3.8, 4) is 17.0 Å². The number of methoxy groups -OCH3 is 1. The molecule has 0 saturated carbocycles. The van der Waals surface area contributed by atoms with Crippen molar-refractivity contribution in [2.45, 2.75) is 26.3 Å². The van der Waals surface area contributed by atoms with E-state index in [2.05, 4.69) is 23.6 Å². The molecule has 0 radical (unpaired) electrons. The molecule has 152 valence electrons. The molecule has 6 nitrogen and oxygen atoms in total. The molecule has 29 heavy (non-hydrogen) atoms. The minimum Gasteiger partial charge on any atom is -0.507 e. The van der Waals surface area contributed by atoms with Crippen molar-refractivity contribution in [3.05, 3.63) is 63.8 Å². The van der Waals surface area contributed by atoms with Crippen LogP contribution < -0.4 is 10.5 Å². The zero-order valence-electron chi connectivity index (χ0n) is 16.8. The predicted molar refractivity (Wildman–Crippen MR) is 116 cm³/mol. The molecule has 1 heterocycles. The number of carbonyl (C=O) groups is 1.